The number of carbonyl (C=O) groups excluding carboxylic acids is 1. The quantitative estimate of drug-likeness (QED) is 0.668. The zero-order chi connectivity index (χ0) is 12.8. The van der Waals surface area contributed by atoms with Crippen molar-refractivity contribution in [2.24, 2.45) is 5.73 Å². The van der Waals surface area contributed by atoms with Crippen LogP contribution >= 0.6 is 0 Å². The second kappa shape index (κ2) is 6.85. The number of hydrogen-bond acceptors (Lipinski definition) is 4. The molecular formula is C10H22N2O3S. The van der Waals surface area contributed by atoms with Gasteiger partial charge in [0.2, 0.25) is 5.91 Å². The molecule has 6 heteroatoms. The zero-order valence-corrected chi connectivity index (χ0v) is 11.0. The van der Waals surface area contributed by atoms with Gasteiger partial charge in [0, 0.05) is 24.8 Å². The Bertz CT molecular complexity index is 314. The first-order valence-electron chi connectivity index (χ1n) is 5.47. The van der Waals surface area contributed by atoms with E-state index in [0.29, 0.717) is 0 Å². The topological polar surface area (TPSA) is 89.3 Å². The van der Waals surface area contributed by atoms with Crippen molar-refractivity contribution >= 4 is 15.7 Å². The van der Waals surface area contributed by atoms with Crippen LogP contribution in [-0.4, -0.2) is 38.4 Å². The van der Waals surface area contributed by atoms with Gasteiger partial charge in [-0.15, -0.1) is 0 Å². The number of hydrogen-bond donors (Lipinski definition) is 2. The van der Waals surface area contributed by atoms with Crippen molar-refractivity contribution in [1.29, 1.82) is 0 Å². The molecule has 0 aromatic heterocycles. The van der Waals surface area contributed by atoms with Gasteiger partial charge in [0.05, 0.1) is 5.75 Å². The van der Waals surface area contributed by atoms with Gasteiger partial charge in [-0.3, -0.25) is 4.79 Å². The SMILES string of the molecule is CCCC(N)CC(=O)NC(C)CS(C)(=O)=O. The van der Waals surface area contributed by atoms with Crippen molar-refractivity contribution in [3.8, 4) is 0 Å². The zero-order valence-electron chi connectivity index (χ0n) is 10.2. The maximum absolute atomic E-state index is 11.4. The molecule has 3 N–H and O–H groups in total. The second-order valence-electron chi connectivity index (χ2n) is 4.31. The van der Waals surface area contributed by atoms with Gasteiger partial charge in [-0.2, -0.15) is 0 Å². The lowest BCUT2D eigenvalue weighted by Gasteiger charge is -2.15. The van der Waals surface area contributed by atoms with Crippen LogP contribution in [0.4, 0.5) is 0 Å². The summed E-state index contributed by atoms with van der Waals surface area (Å²) in [6.45, 7) is 3.67. The Labute approximate surface area is 97.7 Å². The third kappa shape index (κ3) is 8.67. The Morgan fingerprint density at radius 3 is 2.44 bits per heavy atom. The fraction of sp³-hybridized carbons (Fsp3) is 0.900. The van der Waals surface area contributed by atoms with Crippen molar-refractivity contribution in [2.75, 3.05) is 12.0 Å². The van der Waals surface area contributed by atoms with Crippen LogP contribution in [0.15, 0.2) is 0 Å². The number of carbonyl (C=O) groups is 1. The van der Waals surface area contributed by atoms with Gasteiger partial charge in [0.15, 0.2) is 0 Å². The van der Waals surface area contributed by atoms with Crippen LogP contribution in [0.5, 0.6) is 0 Å². The molecule has 1 amide bonds. The fourth-order valence-electron chi connectivity index (χ4n) is 1.54. The molecule has 0 saturated heterocycles. The summed E-state index contributed by atoms with van der Waals surface area (Å²) in [5.74, 6) is -0.223. The van der Waals surface area contributed by atoms with Crippen LogP contribution in [0.25, 0.3) is 0 Å². The number of nitrogens with one attached hydrogen (secondary N) is 1. The number of nitrogens with two attached hydrogens (primary N) is 1. The summed E-state index contributed by atoms with van der Waals surface area (Å²) >= 11 is 0. The van der Waals surface area contributed by atoms with Crippen LogP contribution < -0.4 is 11.1 Å². The number of amides is 1. The standard InChI is InChI=1S/C10H22N2O3S/c1-4-5-9(11)6-10(13)12-8(2)7-16(3,14)15/h8-9H,4-7,11H2,1-3H3,(H,12,13). The monoisotopic (exact) mass is 250 g/mol. The minimum Gasteiger partial charge on any atom is -0.353 e. The van der Waals surface area contributed by atoms with Crippen LogP contribution in [0, 0.1) is 0 Å². The highest BCUT2D eigenvalue weighted by molar-refractivity contribution is 7.90. The van der Waals surface area contributed by atoms with Crippen molar-refractivity contribution in [3.05, 3.63) is 0 Å². The molecular weight excluding hydrogens is 228 g/mol. The first-order chi connectivity index (χ1) is 7.24. The normalized spacial score (nSPS) is 15.5. The lowest BCUT2D eigenvalue weighted by molar-refractivity contribution is -0.121. The van der Waals surface area contributed by atoms with Crippen LogP contribution in [0.1, 0.15) is 33.1 Å². The third-order valence-corrected chi connectivity index (χ3v) is 3.17. The molecule has 2 unspecified atom stereocenters. The lowest BCUT2D eigenvalue weighted by atomic mass is 10.1. The molecule has 0 spiro atoms. The summed E-state index contributed by atoms with van der Waals surface area (Å²) in [6.07, 6.45) is 3.14. The maximum Gasteiger partial charge on any atom is 0.221 e. The van der Waals surface area contributed by atoms with Crippen molar-refractivity contribution in [2.45, 2.75) is 45.2 Å². The molecule has 0 heterocycles. The highest BCUT2D eigenvalue weighted by Crippen LogP contribution is 1.99. The van der Waals surface area contributed by atoms with E-state index < -0.39 is 9.84 Å². The number of sulfone groups is 1. The predicted molar refractivity (Wildman–Crippen MR) is 64.8 cm³/mol. The van der Waals surface area contributed by atoms with E-state index in [0.717, 1.165) is 19.1 Å². The van der Waals surface area contributed by atoms with Crippen molar-refractivity contribution in [3.63, 3.8) is 0 Å². The third-order valence-electron chi connectivity index (χ3n) is 2.07. The summed E-state index contributed by atoms with van der Waals surface area (Å²) in [7, 11) is -3.05. The van der Waals surface area contributed by atoms with Gasteiger partial charge in [-0.25, -0.2) is 8.42 Å². The maximum atomic E-state index is 11.4. The molecule has 96 valence electrons. The average Bonchev–Trinajstić information content (AvgIpc) is 1.98. The van der Waals surface area contributed by atoms with Crippen LogP contribution in [0.3, 0.4) is 0 Å². The first-order valence-corrected chi connectivity index (χ1v) is 7.53. The van der Waals surface area contributed by atoms with Gasteiger partial charge >= 0.3 is 0 Å². The van der Waals surface area contributed by atoms with Gasteiger partial charge in [-0.05, 0) is 13.3 Å². The van der Waals surface area contributed by atoms with E-state index in [-0.39, 0.29) is 30.2 Å². The predicted octanol–water partition coefficient (Wildman–Crippen LogP) is 0.0532. The molecule has 2 atom stereocenters. The van der Waals surface area contributed by atoms with Gasteiger partial charge in [-0.1, -0.05) is 13.3 Å². The van der Waals surface area contributed by atoms with E-state index >= 15 is 0 Å². The van der Waals surface area contributed by atoms with E-state index in [2.05, 4.69) is 5.32 Å². The molecule has 0 fully saturated rings. The Morgan fingerprint density at radius 1 is 1.44 bits per heavy atom. The number of rotatable bonds is 7. The molecule has 0 aromatic carbocycles. The van der Waals surface area contributed by atoms with Crippen molar-refractivity contribution < 1.29 is 13.2 Å². The van der Waals surface area contributed by atoms with Crippen molar-refractivity contribution in [1.82, 2.24) is 5.32 Å². The van der Waals surface area contributed by atoms with Gasteiger partial charge in [0.25, 0.3) is 0 Å². The van der Waals surface area contributed by atoms with Crippen LogP contribution in [0.2, 0.25) is 0 Å². The molecule has 0 radical (unpaired) electrons. The lowest BCUT2D eigenvalue weighted by Crippen LogP contribution is -2.40. The highest BCUT2D eigenvalue weighted by atomic mass is 32.2. The Hall–Kier alpha value is -0.620. The molecule has 0 aliphatic carbocycles. The second-order valence-corrected chi connectivity index (χ2v) is 6.50. The molecule has 0 aromatic rings. The smallest absolute Gasteiger partial charge is 0.221 e. The largest absolute Gasteiger partial charge is 0.353 e. The molecule has 0 aliphatic rings. The Morgan fingerprint density at radius 2 is 2.00 bits per heavy atom. The minimum atomic E-state index is -3.05. The molecule has 0 saturated carbocycles. The fourth-order valence-corrected chi connectivity index (χ4v) is 2.53. The van der Waals surface area contributed by atoms with Crippen LogP contribution in [-0.2, 0) is 14.6 Å². The Kier molecular flexibility index (Phi) is 6.59. The highest BCUT2D eigenvalue weighted by Gasteiger charge is 2.14. The summed E-state index contributed by atoms with van der Waals surface area (Å²) in [6, 6.07) is -0.508. The molecule has 0 bridgehead atoms. The average molecular weight is 250 g/mol. The van der Waals surface area contributed by atoms with E-state index in [1.54, 1.807) is 6.92 Å². The summed E-state index contributed by atoms with van der Waals surface area (Å²) in [4.78, 5) is 11.4. The van der Waals surface area contributed by atoms with E-state index in [9.17, 15) is 13.2 Å². The minimum absolute atomic E-state index is 0.0399. The molecule has 5 nitrogen and oxygen atoms in total. The van der Waals surface area contributed by atoms with E-state index in [1.165, 1.54) is 0 Å². The molecule has 16 heavy (non-hydrogen) atoms. The summed E-state index contributed by atoms with van der Waals surface area (Å²) in [5, 5.41) is 2.63. The van der Waals surface area contributed by atoms with Gasteiger partial charge in [0.1, 0.15) is 9.84 Å². The Balaban J connectivity index is 3.96. The molecule has 0 rings (SSSR count). The van der Waals surface area contributed by atoms with E-state index in [1.807, 2.05) is 6.92 Å². The molecule has 0 aliphatic heterocycles. The first kappa shape index (κ1) is 15.4. The van der Waals surface area contributed by atoms with E-state index in [4.69, 9.17) is 5.73 Å². The summed E-state index contributed by atoms with van der Waals surface area (Å²) in [5.41, 5.74) is 5.71. The summed E-state index contributed by atoms with van der Waals surface area (Å²) < 4.78 is 21.9. The van der Waals surface area contributed by atoms with Gasteiger partial charge < -0.3 is 11.1 Å².